The van der Waals surface area contributed by atoms with Crippen LogP contribution < -0.4 is 5.73 Å². The average Bonchev–Trinajstić information content (AvgIpc) is 2.53. The van der Waals surface area contributed by atoms with Gasteiger partial charge >= 0.3 is 0 Å². The van der Waals surface area contributed by atoms with Crippen molar-refractivity contribution in [3.63, 3.8) is 0 Å². The molecular formula is C18H16FNO. The first-order chi connectivity index (χ1) is 10.2. The van der Waals surface area contributed by atoms with Gasteiger partial charge < -0.3 is 10.8 Å². The Balaban J connectivity index is 2.00. The van der Waals surface area contributed by atoms with Gasteiger partial charge in [0.05, 0.1) is 12.1 Å². The lowest BCUT2D eigenvalue weighted by Crippen LogP contribution is -2.19. The smallest absolute Gasteiger partial charge is 0.123 e. The number of hydrogen-bond donors (Lipinski definition) is 2. The van der Waals surface area contributed by atoms with Crippen molar-refractivity contribution in [2.24, 2.45) is 5.73 Å². The molecule has 0 aliphatic rings. The zero-order valence-electron chi connectivity index (χ0n) is 11.4. The van der Waals surface area contributed by atoms with Gasteiger partial charge in [-0.25, -0.2) is 4.39 Å². The molecule has 3 aromatic rings. The van der Waals surface area contributed by atoms with Crippen LogP contribution in [-0.2, 0) is 0 Å². The van der Waals surface area contributed by atoms with Gasteiger partial charge in [0, 0.05) is 0 Å². The number of halogens is 1. The van der Waals surface area contributed by atoms with Gasteiger partial charge in [-0.1, -0.05) is 54.6 Å². The van der Waals surface area contributed by atoms with Crippen molar-refractivity contribution in [1.82, 2.24) is 0 Å². The van der Waals surface area contributed by atoms with Crippen LogP contribution in [0.25, 0.3) is 10.8 Å². The molecule has 3 N–H and O–H groups in total. The van der Waals surface area contributed by atoms with Gasteiger partial charge in [0.25, 0.3) is 0 Å². The van der Waals surface area contributed by atoms with Crippen LogP contribution in [0.1, 0.15) is 23.3 Å². The van der Waals surface area contributed by atoms with Gasteiger partial charge in [-0.3, -0.25) is 0 Å². The molecule has 0 bridgehead atoms. The third-order valence-electron chi connectivity index (χ3n) is 3.74. The molecule has 3 aromatic carbocycles. The number of nitrogens with two attached hydrogens (primary N) is 1. The zero-order chi connectivity index (χ0) is 14.8. The highest BCUT2D eigenvalue weighted by atomic mass is 19.1. The minimum atomic E-state index is -0.846. The summed E-state index contributed by atoms with van der Waals surface area (Å²) in [6, 6.07) is 18.9. The summed E-state index contributed by atoms with van der Waals surface area (Å²) in [5.41, 5.74) is 7.63. The summed E-state index contributed by atoms with van der Waals surface area (Å²) in [5.74, 6) is -0.314. The molecule has 0 unspecified atom stereocenters. The molecule has 0 fully saturated rings. The summed E-state index contributed by atoms with van der Waals surface area (Å²) in [7, 11) is 0. The minimum absolute atomic E-state index is 0.314. The Morgan fingerprint density at radius 2 is 1.52 bits per heavy atom. The zero-order valence-corrected chi connectivity index (χ0v) is 11.4. The number of hydrogen-bond acceptors (Lipinski definition) is 2. The van der Waals surface area contributed by atoms with E-state index in [4.69, 9.17) is 5.73 Å². The molecule has 0 aliphatic heterocycles. The number of benzene rings is 3. The average molecular weight is 281 g/mol. The van der Waals surface area contributed by atoms with Crippen LogP contribution in [0.2, 0.25) is 0 Å². The van der Waals surface area contributed by atoms with E-state index in [-0.39, 0.29) is 5.82 Å². The van der Waals surface area contributed by atoms with Gasteiger partial charge in [0.1, 0.15) is 5.82 Å². The fourth-order valence-corrected chi connectivity index (χ4v) is 2.57. The van der Waals surface area contributed by atoms with E-state index >= 15 is 0 Å². The number of aliphatic hydroxyl groups excluding tert-OH is 1. The molecule has 2 nitrogen and oxygen atoms in total. The Morgan fingerprint density at radius 3 is 2.29 bits per heavy atom. The molecule has 0 amide bonds. The summed E-state index contributed by atoms with van der Waals surface area (Å²) < 4.78 is 13.0. The van der Waals surface area contributed by atoms with E-state index in [0.29, 0.717) is 5.56 Å². The Kier molecular flexibility index (Phi) is 3.69. The lowest BCUT2D eigenvalue weighted by Gasteiger charge is -2.21. The molecule has 0 saturated carbocycles. The summed E-state index contributed by atoms with van der Waals surface area (Å²) in [4.78, 5) is 0. The summed E-state index contributed by atoms with van der Waals surface area (Å²) >= 11 is 0. The van der Waals surface area contributed by atoms with E-state index in [2.05, 4.69) is 0 Å². The highest BCUT2D eigenvalue weighted by molar-refractivity contribution is 5.86. The molecular weight excluding hydrogens is 265 g/mol. The maximum absolute atomic E-state index is 13.0. The molecule has 0 radical (unpaired) electrons. The normalized spacial score (nSPS) is 14.0. The van der Waals surface area contributed by atoms with E-state index in [9.17, 15) is 9.50 Å². The van der Waals surface area contributed by atoms with Crippen molar-refractivity contribution in [3.05, 3.63) is 83.7 Å². The lowest BCUT2D eigenvalue weighted by molar-refractivity contribution is 0.148. The highest BCUT2D eigenvalue weighted by Crippen LogP contribution is 2.31. The fraction of sp³-hybridized carbons (Fsp3) is 0.111. The number of fused-ring (bicyclic) bond motifs is 1. The van der Waals surface area contributed by atoms with Crippen LogP contribution in [0.3, 0.4) is 0 Å². The molecule has 106 valence electrons. The van der Waals surface area contributed by atoms with Gasteiger partial charge in [-0.05, 0) is 34.0 Å². The summed E-state index contributed by atoms with van der Waals surface area (Å²) in [6.07, 6.45) is -0.846. The summed E-state index contributed by atoms with van der Waals surface area (Å²) in [5, 5.41) is 12.6. The van der Waals surface area contributed by atoms with E-state index in [0.717, 1.165) is 16.3 Å². The first-order valence-corrected chi connectivity index (χ1v) is 6.83. The first-order valence-electron chi connectivity index (χ1n) is 6.83. The van der Waals surface area contributed by atoms with Crippen LogP contribution in [0.5, 0.6) is 0 Å². The molecule has 0 saturated heterocycles. The predicted octanol–water partition coefficient (Wildman–Crippen LogP) is 3.71. The van der Waals surface area contributed by atoms with Crippen LogP contribution in [-0.4, -0.2) is 5.11 Å². The summed E-state index contributed by atoms with van der Waals surface area (Å²) in [6.45, 7) is 0. The Labute approximate surface area is 122 Å². The number of aliphatic hydroxyl groups is 1. The largest absolute Gasteiger partial charge is 0.386 e. The van der Waals surface area contributed by atoms with Crippen molar-refractivity contribution in [3.8, 4) is 0 Å². The van der Waals surface area contributed by atoms with Crippen LogP contribution in [0.4, 0.5) is 4.39 Å². The fourth-order valence-electron chi connectivity index (χ4n) is 2.57. The second-order valence-corrected chi connectivity index (χ2v) is 5.09. The monoisotopic (exact) mass is 281 g/mol. The van der Waals surface area contributed by atoms with Crippen molar-refractivity contribution in [1.29, 1.82) is 0 Å². The molecule has 2 atom stereocenters. The first kappa shape index (κ1) is 13.7. The van der Waals surface area contributed by atoms with Gasteiger partial charge in [0.2, 0.25) is 0 Å². The van der Waals surface area contributed by atoms with Crippen molar-refractivity contribution in [2.45, 2.75) is 12.1 Å². The van der Waals surface area contributed by atoms with E-state index in [1.54, 1.807) is 12.1 Å². The molecule has 21 heavy (non-hydrogen) atoms. The molecule has 0 heterocycles. The van der Waals surface area contributed by atoms with Crippen LogP contribution >= 0.6 is 0 Å². The van der Waals surface area contributed by atoms with Gasteiger partial charge in [-0.15, -0.1) is 0 Å². The van der Waals surface area contributed by atoms with Gasteiger partial charge in [0.15, 0.2) is 0 Å². The third-order valence-corrected chi connectivity index (χ3v) is 3.74. The standard InChI is InChI=1S/C18H16FNO/c19-14-10-8-13(9-11-14)17(20)18(21)16-7-3-5-12-4-1-2-6-15(12)16/h1-11,17-18,21H,20H2/t17-,18+/m0/s1. The minimum Gasteiger partial charge on any atom is -0.386 e. The number of rotatable bonds is 3. The Morgan fingerprint density at radius 1 is 0.857 bits per heavy atom. The Bertz CT molecular complexity index is 749. The van der Waals surface area contributed by atoms with Crippen molar-refractivity contribution >= 4 is 10.8 Å². The topological polar surface area (TPSA) is 46.2 Å². The van der Waals surface area contributed by atoms with E-state index in [1.807, 2.05) is 42.5 Å². The van der Waals surface area contributed by atoms with Crippen molar-refractivity contribution < 1.29 is 9.50 Å². The molecule has 0 spiro atoms. The molecule has 3 heteroatoms. The van der Waals surface area contributed by atoms with E-state index in [1.165, 1.54) is 12.1 Å². The predicted molar refractivity (Wildman–Crippen MR) is 82.2 cm³/mol. The van der Waals surface area contributed by atoms with Crippen LogP contribution in [0, 0.1) is 5.82 Å². The lowest BCUT2D eigenvalue weighted by atomic mass is 9.93. The molecule has 0 aliphatic carbocycles. The maximum Gasteiger partial charge on any atom is 0.123 e. The second-order valence-electron chi connectivity index (χ2n) is 5.09. The SMILES string of the molecule is N[C@@H](c1ccc(F)cc1)[C@H](O)c1cccc2ccccc12. The third kappa shape index (κ3) is 2.66. The maximum atomic E-state index is 13.0. The molecule has 0 aromatic heterocycles. The molecule has 3 rings (SSSR count). The van der Waals surface area contributed by atoms with E-state index < -0.39 is 12.1 Å². The Hall–Kier alpha value is -2.23. The van der Waals surface area contributed by atoms with Crippen molar-refractivity contribution in [2.75, 3.05) is 0 Å². The van der Waals surface area contributed by atoms with Crippen LogP contribution in [0.15, 0.2) is 66.7 Å². The second kappa shape index (κ2) is 5.64. The highest BCUT2D eigenvalue weighted by Gasteiger charge is 2.20. The van der Waals surface area contributed by atoms with Gasteiger partial charge in [-0.2, -0.15) is 0 Å². The quantitative estimate of drug-likeness (QED) is 0.768.